The summed E-state index contributed by atoms with van der Waals surface area (Å²) in [7, 11) is 1.69. The fraction of sp³-hybridized carbons (Fsp3) is 0.294. The van der Waals surface area contributed by atoms with Crippen LogP contribution in [0, 0.1) is 17.5 Å². The van der Waals surface area contributed by atoms with Crippen molar-refractivity contribution >= 4 is 0 Å². The molecule has 23 heavy (non-hydrogen) atoms. The number of likely N-dealkylation sites (N-methyl/N-ethyl adjacent to an activating group) is 1. The third kappa shape index (κ3) is 5.26. The molecule has 1 N–H and O–H groups in total. The second-order valence-corrected chi connectivity index (χ2v) is 5.35. The van der Waals surface area contributed by atoms with Crippen LogP contribution < -0.4 is 4.74 Å². The molecule has 2 rings (SSSR count). The summed E-state index contributed by atoms with van der Waals surface area (Å²) in [6, 6.07) is 11.0. The van der Waals surface area contributed by atoms with Gasteiger partial charge in [0.2, 0.25) is 0 Å². The van der Waals surface area contributed by atoms with Gasteiger partial charge in [0.05, 0.1) is 0 Å². The highest BCUT2D eigenvalue weighted by atomic mass is 19.2. The van der Waals surface area contributed by atoms with E-state index in [1.807, 2.05) is 18.2 Å². The molecule has 2 aromatic carbocycles. The minimum atomic E-state index is -1.48. The first-order chi connectivity index (χ1) is 11.0. The summed E-state index contributed by atoms with van der Waals surface area (Å²) in [5.41, 5.74) is 0.292. The van der Waals surface area contributed by atoms with Gasteiger partial charge in [0, 0.05) is 13.1 Å². The van der Waals surface area contributed by atoms with Crippen molar-refractivity contribution in [3.8, 4) is 5.75 Å². The molecule has 0 saturated carbocycles. The molecule has 1 atom stereocenters. The van der Waals surface area contributed by atoms with E-state index in [0.717, 1.165) is 12.1 Å². The molecule has 6 heteroatoms. The Morgan fingerprint density at radius 3 is 2.30 bits per heavy atom. The molecule has 0 fully saturated rings. The minimum Gasteiger partial charge on any atom is -0.491 e. The summed E-state index contributed by atoms with van der Waals surface area (Å²) in [6.07, 6.45) is -0.768. The number of hydrogen-bond acceptors (Lipinski definition) is 3. The van der Waals surface area contributed by atoms with E-state index in [2.05, 4.69) is 0 Å². The molecule has 0 amide bonds. The zero-order valence-electron chi connectivity index (χ0n) is 12.7. The van der Waals surface area contributed by atoms with Crippen molar-refractivity contribution in [3.63, 3.8) is 0 Å². The Balaban J connectivity index is 1.83. The van der Waals surface area contributed by atoms with Crippen LogP contribution in [0.4, 0.5) is 13.2 Å². The standard InChI is InChI=1S/C17H18F3NO2/c1-21(9-12-7-15(18)17(20)16(19)8-12)10-13(22)11-23-14-5-3-2-4-6-14/h2-8,13,22H,9-11H2,1H3. The number of aliphatic hydroxyl groups is 1. The van der Waals surface area contributed by atoms with Gasteiger partial charge in [0.1, 0.15) is 18.5 Å². The van der Waals surface area contributed by atoms with Crippen LogP contribution in [-0.4, -0.2) is 36.3 Å². The van der Waals surface area contributed by atoms with Gasteiger partial charge in [-0.2, -0.15) is 0 Å². The first-order valence-electron chi connectivity index (χ1n) is 7.13. The normalized spacial score (nSPS) is 12.4. The molecule has 0 bridgehead atoms. The van der Waals surface area contributed by atoms with Crippen LogP contribution in [-0.2, 0) is 6.54 Å². The summed E-state index contributed by atoms with van der Waals surface area (Å²) in [6.45, 7) is 0.518. The van der Waals surface area contributed by atoms with Gasteiger partial charge in [-0.15, -0.1) is 0 Å². The van der Waals surface area contributed by atoms with E-state index in [0.29, 0.717) is 11.3 Å². The highest BCUT2D eigenvalue weighted by Crippen LogP contribution is 2.15. The van der Waals surface area contributed by atoms with Gasteiger partial charge in [0.15, 0.2) is 17.5 Å². The van der Waals surface area contributed by atoms with Crippen LogP contribution in [0.25, 0.3) is 0 Å². The predicted molar refractivity (Wildman–Crippen MR) is 80.6 cm³/mol. The number of ether oxygens (including phenoxy) is 1. The lowest BCUT2D eigenvalue weighted by Gasteiger charge is -2.21. The topological polar surface area (TPSA) is 32.7 Å². The average Bonchev–Trinajstić information content (AvgIpc) is 2.51. The molecule has 0 aromatic heterocycles. The Morgan fingerprint density at radius 1 is 1.09 bits per heavy atom. The molecule has 2 aromatic rings. The highest BCUT2D eigenvalue weighted by molar-refractivity contribution is 5.21. The Labute approximate surface area is 132 Å². The van der Waals surface area contributed by atoms with Gasteiger partial charge in [-0.3, -0.25) is 4.90 Å². The summed E-state index contributed by atoms with van der Waals surface area (Å²) < 4.78 is 44.6. The van der Waals surface area contributed by atoms with Gasteiger partial charge in [-0.1, -0.05) is 18.2 Å². The zero-order chi connectivity index (χ0) is 16.8. The van der Waals surface area contributed by atoms with Crippen molar-refractivity contribution in [2.24, 2.45) is 0 Å². The van der Waals surface area contributed by atoms with E-state index in [9.17, 15) is 18.3 Å². The zero-order valence-corrected chi connectivity index (χ0v) is 12.7. The quantitative estimate of drug-likeness (QED) is 0.795. The lowest BCUT2D eigenvalue weighted by Crippen LogP contribution is -2.32. The second kappa shape index (κ2) is 7.99. The molecule has 0 aliphatic heterocycles. The highest BCUT2D eigenvalue weighted by Gasteiger charge is 2.14. The van der Waals surface area contributed by atoms with Gasteiger partial charge in [-0.25, -0.2) is 13.2 Å². The minimum absolute atomic E-state index is 0.0977. The third-order valence-corrected chi connectivity index (χ3v) is 3.20. The van der Waals surface area contributed by atoms with E-state index in [1.54, 1.807) is 24.1 Å². The molecule has 0 aliphatic carbocycles. The summed E-state index contributed by atoms with van der Waals surface area (Å²) in [4.78, 5) is 1.67. The predicted octanol–water partition coefficient (Wildman–Crippen LogP) is 2.98. The number of nitrogens with zero attached hydrogens (tertiary/aromatic N) is 1. The number of para-hydroxylation sites is 1. The average molecular weight is 325 g/mol. The van der Waals surface area contributed by atoms with Crippen LogP contribution >= 0.6 is 0 Å². The Hall–Kier alpha value is -2.05. The fourth-order valence-corrected chi connectivity index (χ4v) is 2.20. The van der Waals surface area contributed by atoms with Crippen LogP contribution in [0.3, 0.4) is 0 Å². The maximum atomic E-state index is 13.2. The maximum absolute atomic E-state index is 13.2. The van der Waals surface area contributed by atoms with Gasteiger partial charge < -0.3 is 9.84 Å². The molecule has 0 spiro atoms. The SMILES string of the molecule is CN(Cc1cc(F)c(F)c(F)c1)CC(O)COc1ccccc1. The van der Waals surface area contributed by atoms with E-state index in [-0.39, 0.29) is 19.7 Å². The van der Waals surface area contributed by atoms with E-state index >= 15 is 0 Å². The molecule has 124 valence electrons. The summed E-state index contributed by atoms with van der Waals surface area (Å²) in [5.74, 6) is -3.27. The number of halogens is 3. The third-order valence-electron chi connectivity index (χ3n) is 3.20. The first kappa shape index (κ1) is 17.3. The van der Waals surface area contributed by atoms with Crippen molar-refractivity contribution in [2.45, 2.75) is 12.6 Å². The second-order valence-electron chi connectivity index (χ2n) is 5.35. The molecular formula is C17H18F3NO2. The lowest BCUT2D eigenvalue weighted by atomic mass is 10.2. The van der Waals surface area contributed by atoms with Gasteiger partial charge in [0.25, 0.3) is 0 Å². The Kier molecular flexibility index (Phi) is 6.01. The van der Waals surface area contributed by atoms with Crippen LogP contribution in [0.5, 0.6) is 5.75 Å². The van der Waals surface area contributed by atoms with Crippen LogP contribution in [0.15, 0.2) is 42.5 Å². The van der Waals surface area contributed by atoms with Crippen molar-refractivity contribution in [3.05, 3.63) is 65.5 Å². The van der Waals surface area contributed by atoms with Crippen molar-refractivity contribution < 1.29 is 23.0 Å². The largest absolute Gasteiger partial charge is 0.491 e. The van der Waals surface area contributed by atoms with Crippen LogP contribution in [0.1, 0.15) is 5.56 Å². The van der Waals surface area contributed by atoms with Crippen molar-refractivity contribution in [1.82, 2.24) is 4.90 Å². The Morgan fingerprint density at radius 2 is 1.70 bits per heavy atom. The Bertz CT molecular complexity index is 614. The first-order valence-corrected chi connectivity index (χ1v) is 7.13. The van der Waals surface area contributed by atoms with Gasteiger partial charge >= 0.3 is 0 Å². The molecular weight excluding hydrogens is 307 g/mol. The summed E-state index contributed by atoms with van der Waals surface area (Å²) in [5, 5.41) is 9.94. The van der Waals surface area contributed by atoms with Crippen molar-refractivity contribution in [2.75, 3.05) is 20.2 Å². The number of benzene rings is 2. The van der Waals surface area contributed by atoms with E-state index in [4.69, 9.17) is 4.74 Å². The maximum Gasteiger partial charge on any atom is 0.194 e. The molecule has 0 aliphatic rings. The molecule has 0 radical (unpaired) electrons. The fourth-order valence-electron chi connectivity index (χ4n) is 2.20. The monoisotopic (exact) mass is 325 g/mol. The smallest absolute Gasteiger partial charge is 0.194 e. The number of rotatable bonds is 7. The van der Waals surface area contributed by atoms with Gasteiger partial charge in [-0.05, 0) is 36.9 Å². The van der Waals surface area contributed by atoms with Crippen LogP contribution in [0.2, 0.25) is 0 Å². The lowest BCUT2D eigenvalue weighted by molar-refractivity contribution is 0.0743. The molecule has 1 unspecified atom stereocenters. The molecule has 3 nitrogen and oxygen atoms in total. The van der Waals surface area contributed by atoms with Crippen molar-refractivity contribution in [1.29, 1.82) is 0 Å². The van der Waals surface area contributed by atoms with E-state index < -0.39 is 23.6 Å². The number of aliphatic hydroxyl groups excluding tert-OH is 1. The van der Waals surface area contributed by atoms with E-state index in [1.165, 1.54) is 0 Å². The number of hydrogen-bond donors (Lipinski definition) is 1. The summed E-state index contributed by atoms with van der Waals surface area (Å²) >= 11 is 0. The molecule has 0 saturated heterocycles. The molecule has 0 heterocycles.